The average molecular weight is 282 g/mol. The first-order chi connectivity index (χ1) is 9.70. The highest BCUT2D eigenvalue weighted by atomic mass is 16.2. The highest BCUT2D eigenvalue weighted by molar-refractivity contribution is 5.81. The van der Waals surface area contributed by atoms with Gasteiger partial charge in [-0.1, -0.05) is 6.92 Å². The van der Waals surface area contributed by atoms with Crippen molar-refractivity contribution >= 4 is 5.91 Å². The van der Waals surface area contributed by atoms with Gasteiger partial charge in [-0.05, 0) is 45.3 Å². The summed E-state index contributed by atoms with van der Waals surface area (Å²) in [5.74, 6) is 0.863. The Morgan fingerprint density at radius 3 is 2.50 bits per heavy atom. The molecule has 0 radical (unpaired) electrons. The van der Waals surface area contributed by atoms with Gasteiger partial charge in [0.15, 0.2) is 0 Å². The van der Waals surface area contributed by atoms with Crippen molar-refractivity contribution in [2.24, 2.45) is 5.92 Å². The summed E-state index contributed by atoms with van der Waals surface area (Å²) in [6.07, 6.45) is 2.44. The number of nitrogens with one attached hydrogen (secondary N) is 2. The number of likely N-dealkylation sites (tertiary alicyclic amines) is 1. The summed E-state index contributed by atoms with van der Waals surface area (Å²) < 4.78 is 0. The van der Waals surface area contributed by atoms with Crippen LogP contribution < -0.4 is 10.6 Å². The van der Waals surface area contributed by atoms with Crippen LogP contribution in [0.15, 0.2) is 0 Å². The van der Waals surface area contributed by atoms with Crippen molar-refractivity contribution < 1.29 is 4.79 Å². The fourth-order valence-electron chi connectivity index (χ4n) is 3.13. The number of piperidine rings is 1. The normalized spacial score (nSPS) is 24.5. The molecule has 1 amide bonds. The standard InChI is InChI=1S/C15H30N4O/c1-3-18-8-4-14(5-9-18)12-17-15(20)13(2)19-10-6-16-7-11-19/h13-14,16H,3-12H2,1-2H3,(H,17,20). The number of hydrogen-bond acceptors (Lipinski definition) is 4. The molecule has 20 heavy (non-hydrogen) atoms. The van der Waals surface area contributed by atoms with Gasteiger partial charge in [-0.15, -0.1) is 0 Å². The fraction of sp³-hybridized carbons (Fsp3) is 0.933. The fourth-order valence-corrected chi connectivity index (χ4v) is 3.13. The van der Waals surface area contributed by atoms with Gasteiger partial charge in [-0.25, -0.2) is 0 Å². The maximum absolute atomic E-state index is 12.2. The van der Waals surface area contributed by atoms with Gasteiger partial charge >= 0.3 is 0 Å². The van der Waals surface area contributed by atoms with Crippen molar-refractivity contribution in [2.45, 2.75) is 32.7 Å². The summed E-state index contributed by atoms with van der Waals surface area (Å²) in [6.45, 7) is 12.6. The highest BCUT2D eigenvalue weighted by Crippen LogP contribution is 2.16. The molecule has 2 N–H and O–H groups in total. The molecular weight excluding hydrogens is 252 g/mol. The number of rotatable bonds is 5. The van der Waals surface area contributed by atoms with E-state index in [1.807, 2.05) is 6.92 Å². The van der Waals surface area contributed by atoms with Crippen LogP contribution in [0, 0.1) is 5.92 Å². The van der Waals surface area contributed by atoms with Crippen LogP contribution in [-0.2, 0) is 4.79 Å². The number of piperazine rings is 1. The lowest BCUT2D eigenvalue weighted by Crippen LogP contribution is -2.53. The molecule has 2 fully saturated rings. The molecule has 116 valence electrons. The molecule has 2 rings (SSSR count). The minimum absolute atomic E-state index is 0.00725. The van der Waals surface area contributed by atoms with Crippen LogP contribution >= 0.6 is 0 Å². The number of nitrogens with zero attached hydrogens (tertiary/aromatic N) is 2. The largest absolute Gasteiger partial charge is 0.354 e. The Morgan fingerprint density at radius 2 is 1.90 bits per heavy atom. The van der Waals surface area contributed by atoms with Crippen LogP contribution in [-0.4, -0.2) is 74.1 Å². The molecular formula is C15H30N4O. The minimum atomic E-state index is 0.00725. The van der Waals surface area contributed by atoms with Crippen molar-refractivity contribution in [3.8, 4) is 0 Å². The predicted molar refractivity (Wildman–Crippen MR) is 81.8 cm³/mol. The number of carbonyl (C=O) groups is 1. The zero-order valence-electron chi connectivity index (χ0n) is 13.0. The number of hydrogen-bond donors (Lipinski definition) is 2. The second-order valence-electron chi connectivity index (χ2n) is 6.08. The van der Waals surface area contributed by atoms with Crippen molar-refractivity contribution in [3.05, 3.63) is 0 Å². The van der Waals surface area contributed by atoms with Gasteiger partial charge in [0.25, 0.3) is 0 Å². The summed E-state index contributed by atoms with van der Waals surface area (Å²) in [6, 6.07) is 0.00725. The third-order valence-corrected chi connectivity index (χ3v) is 4.80. The maximum atomic E-state index is 12.2. The maximum Gasteiger partial charge on any atom is 0.237 e. The van der Waals surface area contributed by atoms with E-state index >= 15 is 0 Å². The molecule has 0 spiro atoms. The number of carbonyl (C=O) groups excluding carboxylic acids is 1. The lowest BCUT2D eigenvalue weighted by molar-refractivity contribution is -0.126. The highest BCUT2D eigenvalue weighted by Gasteiger charge is 2.24. The Bertz CT molecular complexity index is 296. The van der Waals surface area contributed by atoms with Crippen molar-refractivity contribution in [2.75, 3.05) is 52.4 Å². The molecule has 0 bridgehead atoms. The first-order valence-corrected chi connectivity index (χ1v) is 8.15. The molecule has 0 saturated carbocycles. The molecule has 5 heteroatoms. The Kier molecular flexibility index (Phi) is 6.26. The van der Waals surface area contributed by atoms with E-state index in [-0.39, 0.29) is 11.9 Å². The van der Waals surface area contributed by atoms with Crippen LogP contribution in [0.2, 0.25) is 0 Å². The topological polar surface area (TPSA) is 47.6 Å². The van der Waals surface area contributed by atoms with E-state index < -0.39 is 0 Å². The summed E-state index contributed by atoms with van der Waals surface area (Å²) in [4.78, 5) is 17.0. The van der Waals surface area contributed by atoms with Crippen LogP contribution in [0.4, 0.5) is 0 Å². The Morgan fingerprint density at radius 1 is 1.25 bits per heavy atom. The zero-order chi connectivity index (χ0) is 14.4. The zero-order valence-corrected chi connectivity index (χ0v) is 13.0. The van der Waals surface area contributed by atoms with Crippen molar-refractivity contribution in [3.63, 3.8) is 0 Å². The summed E-state index contributed by atoms with van der Waals surface area (Å²) >= 11 is 0. The van der Waals surface area contributed by atoms with E-state index in [1.165, 1.54) is 25.9 Å². The monoisotopic (exact) mass is 282 g/mol. The Labute approximate surface area is 123 Å². The second-order valence-corrected chi connectivity index (χ2v) is 6.08. The van der Waals surface area contributed by atoms with Gasteiger partial charge in [0, 0.05) is 32.7 Å². The summed E-state index contributed by atoms with van der Waals surface area (Å²) in [5, 5.41) is 6.49. The van der Waals surface area contributed by atoms with Gasteiger partial charge in [-0.2, -0.15) is 0 Å². The van der Waals surface area contributed by atoms with E-state index in [1.54, 1.807) is 0 Å². The first kappa shape index (κ1) is 15.7. The van der Waals surface area contributed by atoms with E-state index in [9.17, 15) is 4.79 Å². The third kappa shape index (κ3) is 4.43. The van der Waals surface area contributed by atoms with E-state index in [2.05, 4.69) is 27.4 Å². The number of amides is 1. The van der Waals surface area contributed by atoms with Crippen LogP contribution in [0.25, 0.3) is 0 Å². The quantitative estimate of drug-likeness (QED) is 0.752. The lowest BCUT2D eigenvalue weighted by atomic mass is 9.97. The van der Waals surface area contributed by atoms with Gasteiger partial charge < -0.3 is 15.5 Å². The molecule has 0 aromatic rings. The lowest BCUT2D eigenvalue weighted by Gasteiger charge is -2.33. The van der Waals surface area contributed by atoms with Gasteiger partial charge in [0.2, 0.25) is 5.91 Å². The predicted octanol–water partition coefficient (Wildman–Crippen LogP) is 0.128. The van der Waals surface area contributed by atoms with Crippen LogP contribution in [0.1, 0.15) is 26.7 Å². The molecule has 0 aliphatic carbocycles. The Balaban J connectivity index is 1.66. The van der Waals surface area contributed by atoms with Gasteiger partial charge in [-0.3, -0.25) is 9.69 Å². The third-order valence-electron chi connectivity index (χ3n) is 4.80. The SMILES string of the molecule is CCN1CCC(CNC(=O)C(C)N2CCNCC2)CC1. The molecule has 0 aromatic heterocycles. The van der Waals surface area contributed by atoms with Crippen LogP contribution in [0.5, 0.6) is 0 Å². The van der Waals surface area contributed by atoms with E-state index in [4.69, 9.17) is 0 Å². The summed E-state index contributed by atoms with van der Waals surface area (Å²) in [5.41, 5.74) is 0. The molecule has 1 unspecified atom stereocenters. The summed E-state index contributed by atoms with van der Waals surface area (Å²) in [7, 11) is 0. The molecule has 2 saturated heterocycles. The van der Waals surface area contributed by atoms with Gasteiger partial charge in [0.1, 0.15) is 0 Å². The van der Waals surface area contributed by atoms with E-state index in [0.29, 0.717) is 5.92 Å². The first-order valence-electron chi connectivity index (χ1n) is 8.15. The second kappa shape index (κ2) is 7.96. The molecule has 2 heterocycles. The molecule has 2 aliphatic heterocycles. The molecule has 2 aliphatic rings. The van der Waals surface area contributed by atoms with Crippen molar-refractivity contribution in [1.29, 1.82) is 0 Å². The van der Waals surface area contributed by atoms with Crippen LogP contribution in [0.3, 0.4) is 0 Å². The Hall–Kier alpha value is -0.650. The smallest absolute Gasteiger partial charge is 0.237 e. The molecule has 0 aromatic carbocycles. The molecule has 5 nitrogen and oxygen atoms in total. The van der Waals surface area contributed by atoms with Gasteiger partial charge in [0.05, 0.1) is 6.04 Å². The van der Waals surface area contributed by atoms with E-state index in [0.717, 1.165) is 39.3 Å². The van der Waals surface area contributed by atoms with Crippen molar-refractivity contribution in [1.82, 2.24) is 20.4 Å². The molecule has 1 atom stereocenters. The average Bonchev–Trinajstić information content (AvgIpc) is 2.53. The minimum Gasteiger partial charge on any atom is -0.354 e.